The highest BCUT2D eigenvalue weighted by atomic mass is 16.6. The first-order chi connectivity index (χ1) is 15.6. The molecule has 0 unspecified atom stereocenters. The molecule has 0 spiro atoms. The largest absolute Gasteiger partial charge is 0.481 e. The molecule has 1 fully saturated rings. The van der Waals surface area contributed by atoms with Gasteiger partial charge < -0.3 is 30.3 Å². The van der Waals surface area contributed by atoms with Crippen LogP contribution in [0.4, 0.5) is 0 Å². The topological polar surface area (TPSA) is 156 Å². The maximum absolute atomic E-state index is 11.3. The number of carboxylic acid groups (broad SMARTS) is 2. The van der Waals surface area contributed by atoms with Crippen LogP contribution < -0.4 is 5.73 Å². The number of ether oxygens (including phenoxy) is 2. The van der Waals surface area contributed by atoms with Crippen LogP contribution in [0.25, 0.3) is 0 Å². The minimum atomic E-state index is -0.711. The third-order valence-corrected chi connectivity index (χ3v) is 4.47. The maximum Gasteiger partial charge on any atom is 0.305 e. The first-order valence-corrected chi connectivity index (χ1v) is 11.3. The Kier molecular flexibility index (Phi) is 16.1. The summed E-state index contributed by atoms with van der Waals surface area (Å²) in [5, 5.41) is 15.8. The van der Waals surface area contributed by atoms with Crippen LogP contribution in [0.15, 0.2) is 24.0 Å². The number of esters is 1. The van der Waals surface area contributed by atoms with E-state index in [1.54, 1.807) is 6.20 Å². The van der Waals surface area contributed by atoms with Crippen LogP contribution >= 0.6 is 0 Å². The highest BCUT2D eigenvalue weighted by Crippen LogP contribution is 2.26. The Morgan fingerprint density at radius 1 is 1.03 bits per heavy atom. The van der Waals surface area contributed by atoms with E-state index in [1.165, 1.54) is 0 Å². The Labute approximate surface area is 195 Å². The summed E-state index contributed by atoms with van der Waals surface area (Å²) in [7, 11) is 0. The zero-order valence-corrected chi connectivity index (χ0v) is 19.8. The van der Waals surface area contributed by atoms with Gasteiger partial charge in [-0.25, -0.2) is 0 Å². The predicted molar refractivity (Wildman–Crippen MR) is 122 cm³/mol. The van der Waals surface area contributed by atoms with Crippen LogP contribution in [-0.4, -0.2) is 57.9 Å². The molecule has 10 heteroatoms. The monoisotopic (exact) mass is 470 g/mol. The molecule has 2 atom stereocenters. The van der Waals surface area contributed by atoms with Crippen LogP contribution in [0.3, 0.4) is 0 Å². The minimum absolute atomic E-state index is 0.0865. The number of carbonyl (C=O) groups excluding carboxylic acids is 2. The van der Waals surface area contributed by atoms with Gasteiger partial charge in [0.1, 0.15) is 12.8 Å². The lowest BCUT2D eigenvalue weighted by Crippen LogP contribution is -2.30. The molecule has 4 N–H and O–H groups in total. The molecule has 188 valence electrons. The number of carboxylic acids is 2. The third-order valence-electron chi connectivity index (χ3n) is 4.47. The second kappa shape index (κ2) is 17.6. The molecule has 2 rings (SSSR count). The molecular weight excluding hydrogens is 432 g/mol. The first-order valence-electron chi connectivity index (χ1n) is 11.3. The van der Waals surface area contributed by atoms with Crippen LogP contribution in [0.2, 0.25) is 0 Å². The summed E-state index contributed by atoms with van der Waals surface area (Å²) in [6, 6.07) is 0. The Morgan fingerprint density at radius 2 is 1.61 bits per heavy atom. The highest BCUT2D eigenvalue weighted by Gasteiger charge is 2.30. The van der Waals surface area contributed by atoms with Crippen molar-refractivity contribution in [2.24, 2.45) is 5.73 Å². The fourth-order valence-corrected chi connectivity index (χ4v) is 2.84. The van der Waals surface area contributed by atoms with Crippen molar-refractivity contribution in [3.8, 4) is 0 Å². The molecule has 1 saturated heterocycles. The maximum atomic E-state index is 11.3. The second-order valence-electron chi connectivity index (χ2n) is 7.57. The average Bonchev–Trinajstić information content (AvgIpc) is 3.22. The SMILES string of the molecule is CCCC(=O)O.CCCC(=O)O.CCCC(=O)OC[C@@H]1CC[C@H](N2C=CCC(C(N)=O)=C2)O1. The second-order valence-corrected chi connectivity index (χ2v) is 7.57. The van der Waals surface area contributed by atoms with Gasteiger partial charge in [-0.2, -0.15) is 0 Å². The van der Waals surface area contributed by atoms with Gasteiger partial charge in [-0.15, -0.1) is 0 Å². The third kappa shape index (κ3) is 14.7. The lowest BCUT2D eigenvalue weighted by atomic mass is 10.1. The Hall–Kier alpha value is -2.88. The molecular formula is C23H38N2O8. The highest BCUT2D eigenvalue weighted by molar-refractivity contribution is 5.92. The molecule has 33 heavy (non-hydrogen) atoms. The number of carbonyl (C=O) groups is 4. The summed E-state index contributed by atoms with van der Waals surface area (Å²) in [5.41, 5.74) is 5.87. The summed E-state index contributed by atoms with van der Waals surface area (Å²) >= 11 is 0. The van der Waals surface area contributed by atoms with E-state index in [0.29, 0.717) is 37.9 Å². The molecule has 0 aromatic heterocycles. The lowest BCUT2D eigenvalue weighted by molar-refractivity contribution is -0.148. The van der Waals surface area contributed by atoms with Crippen molar-refractivity contribution in [1.82, 2.24) is 4.90 Å². The smallest absolute Gasteiger partial charge is 0.305 e. The molecule has 2 aliphatic rings. The summed E-state index contributed by atoms with van der Waals surface area (Å²) in [6.45, 7) is 5.91. The van der Waals surface area contributed by atoms with Gasteiger partial charge in [-0.05, 0) is 38.5 Å². The van der Waals surface area contributed by atoms with E-state index in [9.17, 15) is 19.2 Å². The van der Waals surface area contributed by atoms with E-state index in [0.717, 1.165) is 32.1 Å². The molecule has 0 radical (unpaired) electrons. The molecule has 0 aliphatic carbocycles. The van der Waals surface area contributed by atoms with Gasteiger partial charge in [-0.3, -0.25) is 19.2 Å². The van der Waals surface area contributed by atoms with E-state index in [2.05, 4.69) is 0 Å². The molecule has 0 bridgehead atoms. The number of aliphatic carboxylic acids is 2. The van der Waals surface area contributed by atoms with Gasteiger partial charge in [-0.1, -0.05) is 26.8 Å². The van der Waals surface area contributed by atoms with Gasteiger partial charge in [0.2, 0.25) is 5.91 Å². The predicted octanol–water partition coefficient (Wildman–Crippen LogP) is 3.17. The molecule has 0 aromatic carbocycles. The van der Waals surface area contributed by atoms with E-state index in [4.69, 9.17) is 25.4 Å². The Balaban J connectivity index is 0.000000705. The number of hydrogen-bond donors (Lipinski definition) is 3. The van der Waals surface area contributed by atoms with Crippen LogP contribution in [0.5, 0.6) is 0 Å². The molecule has 2 aliphatic heterocycles. The molecule has 1 amide bonds. The summed E-state index contributed by atoms with van der Waals surface area (Å²) in [5.74, 6) is -2.01. The molecule has 0 saturated carbocycles. The van der Waals surface area contributed by atoms with Gasteiger partial charge in [0.15, 0.2) is 0 Å². The summed E-state index contributed by atoms with van der Waals surface area (Å²) < 4.78 is 11.0. The fraction of sp³-hybridized carbons (Fsp3) is 0.652. The van der Waals surface area contributed by atoms with Crippen molar-refractivity contribution in [1.29, 1.82) is 0 Å². The number of nitrogens with zero attached hydrogens (tertiary/aromatic N) is 1. The van der Waals surface area contributed by atoms with Crippen LogP contribution in [-0.2, 0) is 28.7 Å². The van der Waals surface area contributed by atoms with Gasteiger partial charge >= 0.3 is 17.9 Å². The fourth-order valence-electron chi connectivity index (χ4n) is 2.84. The number of primary amides is 1. The number of rotatable bonds is 10. The quantitative estimate of drug-likeness (QED) is 0.408. The van der Waals surface area contributed by atoms with Crippen molar-refractivity contribution < 1.29 is 38.9 Å². The summed E-state index contributed by atoms with van der Waals surface area (Å²) in [4.78, 5) is 43.6. The van der Waals surface area contributed by atoms with Crippen molar-refractivity contribution in [2.75, 3.05) is 6.61 Å². The number of hydrogen-bond acceptors (Lipinski definition) is 7. The van der Waals surface area contributed by atoms with Crippen LogP contribution in [0, 0.1) is 0 Å². The van der Waals surface area contributed by atoms with Gasteiger partial charge in [0.05, 0.1) is 6.10 Å². The average molecular weight is 471 g/mol. The number of allylic oxidation sites excluding steroid dienone is 1. The van der Waals surface area contributed by atoms with E-state index in [1.807, 2.05) is 37.9 Å². The first kappa shape index (κ1) is 30.1. The molecule has 0 aromatic rings. The number of amides is 1. The van der Waals surface area contributed by atoms with Gasteiger partial charge in [0.25, 0.3) is 0 Å². The normalized spacial score (nSPS) is 18.8. The van der Waals surface area contributed by atoms with Crippen molar-refractivity contribution in [2.45, 2.75) is 90.9 Å². The van der Waals surface area contributed by atoms with E-state index < -0.39 is 17.8 Å². The Morgan fingerprint density at radius 3 is 2.06 bits per heavy atom. The minimum Gasteiger partial charge on any atom is -0.481 e. The molecule has 10 nitrogen and oxygen atoms in total. The molecule has 2 heterocycles. The van der Waals surface area contributed by atoms with Crippen molar-refractivity contribution in [3.05, 3.63) is 24.0 Å². The van der Waals surface area contributed by atoms with Crippen LogP contribution in [0.1, 0.15) is 78.6 Å². The van der Waals surface area contributed by atoms with Gasteiger partial charge in [0, 0.05) is 37.2 Å². The lowest BCUT2D eigenvalue weighted by Gasteiger charge is -2.27. The zero-order chi connectivity index (χ0) is 25.2. The zero-order valence-electron chi connectivity index (χ0n) is 19.8. The van der Waals surface area contributed by atoms with Crippen molar-refractivity contribution >= 4 is 23.8 Å². The number of nitrogens with two attached hydrogens (primary N) is 1. The Bertz CT molecular complexity index is 674. The van der Waals surface area contributed by atoms with E-state index >= 15 is 0 Å². The van der Waals surface area contributed by atoms with E-state index in [-0.39, 0.29) is 18.3 Å². The standard InChI is InChI=1S/C15H22N2O4.2C4H8O2/c1-2-4-14(18)20-10-12-6-7-13(21-12)17-8-3-5-11(9-17)15(16)19;2*1-2-3-4(5)6/h3,8-9,12-13H,2,4-7,10H2,1H3,(H2,16,19);2*2-3H2,1H3,(H,5,6)/t12-,13+;;/m0../s1. The van der Waals surface area contributed by atoms with Crippen molar-refractivity contribution in [3.63, 3.8) is 0 Å². The summed E-state index contributed by atoms with van der Waals surface area (Å²) in [6.07, 6.45) is 10.8.